The van der Waals surface area contributed by atoms with Crippen LogP contribution in [0.3, 0.4) is 0 Å². The molecule has 0 spiro atoms. The van der Waals surface area contributed by atoms with Gasteiger partial charge in [0.15, 0.2) is 0 Å². The van der Waals surface area contributed by atoms with Gasteiger partial charge in [-0.2, -0.15) is 0 Å². The van der Waals surface area contributed by atoms with Crippen LogP contribution in [0.25, 0.3) is 0 Å². The van der Waals surface area contributed by atoms with Crippen LogP contribution in [0.15, 0.2) is 0 Å². The van der Waals surface area contributed by atoms with Crippen molar-refractivity contribution in [1.82, 2.24) is 4.90 Å². The second-order valence-corrected chi connectivity index (χ2v) is 5.55. The second kappa shape index (κ2) is 13.9. The van der Waals surface area contributed by atoms with Crippen molar-refractivity contribution < 1.29 is 14.3 Å². The molecule has 0 heterocycles. The molecule has 0 aromatic heterocycles. The summed E-state index contributed by atoms with van der Waals surface area (Å²) in [6.45, 7) is 8.10. The van der Waals surface area contributed by atoms with Gasteiger partial charge in [0.25, 0.3) is 0 Å². The molecular formula is C17H32NO3. The van der Waals surface area contributed by atoms with Gasteiger partial charge in [0.05, 0.1) is 12.5 Å². The van der Waals surface area contributed by atoms with Crippen molar-refractivity contribution in [2.75, 3.05) is 19.7 Å². The maximum absolute atomic E-state index is 12.0. The van der Waals surface area contributed by atoms with Gasteiger partial charge in [-0.15, -0.1) is 0 Å². The number of amides is 1. The summed E-state index contributed by atoms with van der Waals surface area (Å²) in [4.78, 5) is 24.5. The fourth-order valence-electron chi connectivity index (χ4n) is 2.20. The fourth-order valence-corrected chi connectivity index (χ4v) is 2.20. The quantitative estimate of drug-likeness (QED) is 0.279. The van der Waals surface area contributed by atoms with Crippen molar-refractivity contribution in [1.29, 1.82) is 0 Å². The lowest BCUT2D eigenvalue weighted by atomic mass is 10.0. The topological polar surface area (TPSA) is 46.6 Å². The molecule has 0 N–H and O–H groups in total. The first-order valence-electron chi connectivity index (χ1n) is 8.48. The van der Waals surface area contributed by atoms with Gasteiger partial charge in [-0.1, -0.05) is 46.5 Å². The van der Waals surface area contributed by atoms with Crippen LogP contribution in [0.5, 0.6) is 0 Å². The molecule has 1 atom stereocenters. The SMILES string of the molecule is CCCCCOC(=O)C(CC)CCN([C]=O)CCCCC. The average molecular weight is 298 g/mol. The lowest BCUT2D eigenvalue weighted by Crippen LogP contribution is -2.28. The number of rotatable bonds is 14. The van der Waals surface area contributed by atoms with Crippen LogP contribution < -0.4 is 0 Å². The van der Waals surface area contributed by atoms with Gasteiger partial charge in [-0.05, 0) is 25.7 Å². The Labute approximate surface area is 130 Å². The van der Waals surface area contributed by atoms with Crippen LogP contribution in [0.1, 0.15) is 72.1 Å². The molecule has 0 saturated carbocycles. The first kappa shape index (κ1) is 19.9. The van der Waals surface area contributed by atoms with Gasteiger partial charge in [0.2, 0.25) is 0 Å². The Balaban J connectivity index is 3.98. The number of esters is 1. The Kier molecular flexibility index (Phi) is 13.2. The van der Waals surface area contributed by atoms with E-state index in [1.54, 1.807) is 4.90 Å². The molecule has 0 fully saturated rings. The number of carbonyl (C=O) groups excluding carboxylic acids is 2. The minimum Gasteiger partial charge on any atom is -0.465 e. The van der Waals surface area contributed by atoms with Crippen molar-refractivity contribution in [3.8, 4) is 0 Å². The number of nitrogens with zero attached hydrogens (tertiary/aromatic N) is 1. The second-order valence-electron chi connectivity index (χ2n) is 5.55. The number of hydrogen-bond acceptors (Lipinski definition) is 3. The monoisotopic (exact) mass is 298 g/mol. The third-order valence-corrected chi connectivity index (χ3v) is 3.73. The van der Waals surface area contributed by atoms with Crippen LogP contribution >= 0.6 is 0 Å². The Morgan fingerprint density at radius 3 is 2.29 bits per heavy atom. The minimum absolute atomic E-state index is 0.103. The number of carbonyl (C=O) groups is 1. The molecule has 0 saturated heterocycles. The molecule has 0 bridgehead atoms. The lowest BCUT2D eigenvalue weighted by Gasteiger charge is -2.19. The van der Waals surface area contributed by atoms with Crippen molar-refractivity contribution >= 4 is 12.4 Å². The molecule has 123 valence electrons. The Morgan fingerprint density at radius 2 is 1.71 bits per heavy atom. The summed E-state index contributed by atoms with van der Waals surface area (Å²) in [7, 11) is 0. The highest BCUT2D eigenvalue weighted by Gasteiger charge is 2.19. The van der Waals surface area contributed by atoms with E-state index in [-0.39, 0.29) is 11.9 Å². The molecule has 4 heteroatoms. The standard InChI is InChI=1S/C17H32NO3/c1-4-7-9-12-18(15-19)13-11-16(6-3)17(20)21-14-10-8-5-2/h16H,4-14H2,1-3H3. The molecule has 1 radical (unpaired) electrons. The van der Waals surface area contributed by atoms with E-state index in [4.69, 9.17) is 4.74 Å². The number of unbranched alkanes of at least 4 members (excludes halogenated alkanes) is 4. The van der Waals surface area contributed by atoms with Crippen LogP contribution in [-0.2, 0) is 14.3 Å². The van der Waals surface area contributed by atoms with Gasteiger partial charge in [-0.25, -0.2) is 0 Å². The first-order chi connectivity index (χ1) is 10.2. The number of hydrogen-bond donors (Lipinski definition) is 0. The van der Waals surface area contributed by atoms with E-state index in [0.717, 1.165) is 51.5 Å². The summed E-state index contributed by atoms with van der Waals surface area (Å²) in [6, 6.07) is 0. The average Bonchev–Trinajstić information content (AvgIpc) is 2.50. The van der Waals surface area contributed by atoms with Crippen LogP contribution in [-0.4, -0.2) is 37.0 Å². The molecule has 1 amide bonds. The minimum atomic E-state index is -0.118. The van der Waals surface area contributed by atoms with E-state index in [9.17, 15) is 9.59 Å². The normalized spacial score (nSPS) is 12.0. The smallest absolute Gasteiger partial charge is 0.312 e. The Morgan fingerprint density at radius 1 is 1.05 bits per heavy atom. The zero-order valence-electron chi connectivity index (χ0n) is 14.0. The third-order valence-electron chi connectivity index (χ3n) is 3.73. The van der Waals surface area contributed by atoms with Gasteiger partial charge in [0.1, 0.15) is 0 Å². The highest BCUT2D eigenvalue weighted by molar-refractivity contribution is 5.72. The van der Waals surface area contributed by atoms with Crippen LogP contribution in [0.4, 0.5) is 0 Å². The molecule has 1 unspecified atom stereocenters. The first-order valence-corrected chi connectivity index (χ1v) is 8.48. The maximum Gasteiger partial charge on any atom is 0.312 e. The van der Waals surface area contributed by atoms with E-state index in [1.807, 2.05) is 13.3 Å². The van der Waals surface area contributed by atoms with Gasteiger partial charge < -0.3 is 9.64 Å². The summed E-state index contributed by atoms with van der Waals surface area (Å²) < 4.78 is 5.31. The van der Waals surface area contributed by atoms with Crippen molar-refractivity contribution in [3.05, 3.63) is 0 Å². The van der Waals surface area contributed by atoms with Crippen molar-refractivity contribution in [2.24, 2.45) is 5.92 Å². The van der Waals surface area contributed by atoms with Crippen molar-refractivity contribution in [2.45, 2.75) is 72.1 Å². The highest BCUT2D eigenvalue weighted by atomic mass is 16.5. The molecule has 0 aromatic rings. The number of ether oxygens (including phenoxy) is 1. The summed E-state index contributed by atoms with van der Waals surface area (Å²) >= 11 is 0. The molecule has 0 aromatic carbocycles. The molecule has 0 aliphatic rings. The molecule has 0 rings (SSSR count). The summed E-state index contributed by atoms with van der Waals surface area (Å²) in [5, 5.41) is 0. The highest BCUT2D eigenvalue weighted by Crippen LogP contribution is 2.12. The van der Waals surface area contributed by atoms with E-state index in [2.05, 4.69) is 13.8 Å². The molecule has 0 aliphatic carbocycles. The summed E-state index contributed by atoms with van der Waals surface area (Å²) in [6.07, 6.45) is 9.81. The molecule has 0 aliphatic heterocycles. The third kappa shape index (κ3) is 10.3. The van der Waals surface area contributed by atoms with E-state index < -0.39 is 0 Å². The van der Waals surface area contributed by atoms with Gasteiger partial charge in [0, 0.05) is 13.1 Å². The lowest BCUT2D eigenvalue weighted by molar-refractivity contribution is -0.149. The Hall–Kier alpha value is -1.06. The van der Waals surface area contributed by atoms with E-state index >= 15 is 0 Å². The van der Waals surface area contributed by atoms with Crippen LogP contribution in [0.2, 0.25) is 0 Å². The van der Waals surface area contributed by atoms with Crippen LogP contribution in [0, 0.1) is 5.92 Å². The van der Waals surface area contributed by atoms with Crippen molar-refractivity contribution in [3.63, 3.8) is 0 Å². The molecular weight excluding hydrogens is 266 g/mol. The largest absolute Gasteiger partial charge is 0.465 e. The Bertz CT molecular complexity index is 269. The van der Waals surface area contributed by atoms with E-state index in [0.29, 0.717) is 19.6 Å². The predicted octanol–water partition coefficient (Wildman–Crippen LogP) is 3.70. The molecule has 21 heavy (non-hydrogen) atoms. The molecule has 4 nitrogen and oxygen atoms in total. The van der Waals surface area contributed by atoms with Gasteiger partial charge >= 0.3 is 12.4 Å². The summed E-state index contributed by atoms with van der Waals surface area (Å²) in [5.74, 6) is -0.221. The fraction of sp³-hybridized carbons (Fsp3) is 0.882. The summed E-state index contributed by atoms with van der Waals surface area (Å²) in [5.41, 5.74) is 0. The predicted molar refractivity (Wildman–Crippen MR) is 85.7 cm³/mol. The maximum atomic E-state index is 12.0. The van der Waals surface area contributed by atoms with E-state index in [1.165, 1.54) is 0 Å². The van der Waals surface area contributed by atoms with Gasteiger partial charge in [-0.3, -0.25) is 9.59 Å². The zero-order chi connectivity index (χ0) is 15.9. The zero-order valence-corrected chi connectivity index (χ0v) is 14.0.